The van der Waals surface area contributed by atoms with Gasteiger partial charge < -0.3 is 9.47 Å². The number of carbonyl (C=O) groups excluding carboxylic acids is 1. The second-order valence-corrected chi connectivity index (χ2v) is 7.35. The lowest BCUT2D eigenvalue weighted by Crippen LogP contribution is -2.18. The SMILES string of the molecule is COc1ccc(Br)cc1-c1nc(COC(=O)C2CC=CCC2)cs1. The molecule has 24 heavy (non-hydrogen) atoms. The molecule has 4 nitrogen and oxygen atoms in total. The maximum atomic E-state index is 12.1. The molecule has 1 atom stereocenters. The van der Waals surface area contributed by atoms with Crippen LogP contribution in [-0.4, -0.2) is 18.1 Å². The lowest BCUT2D eigenvalue weighted by atomic mass is 9.95. The molecule has 0 amide bonds. The van der Waals surface area contributed by atoms with E-state index in [9.17, 15) is 4.79 Å². The molecule has 1 unspecified atom stereocenters. The maximum absolute atomic E-state index is 12.1. The van der Waals surface area contributed by atoms with Crippen molar-refractivity contribution >= 4 is 33.2 Å². The van der Waals surface area contributed by atoms with Crippen LogP contribution in [0.2, 0.25) is 0 Å². The van der Waals surface area contributed by atoms with Crippen LogP contribution in [0, 0.1) is 5.92 Å². The molecular formula is C18H18BrNO3S. The highest BCUT2D eigenvalue weighted by Gasteiger charge is 2.20. The van der Waals surface area contributed by atoms with E-state index in [0.717, 1.165) is 45.7 Å². The van der Waals surface area contributed by atoms with Crippen LogP contribution in [0.15, 0.2) is 40.2 Å². The van der Waals surface area contributed by atoms with Crippen molar-refractivity contribution in [1.29, 1.82) is 0 Å². The fourth-order valence-electron chi connectivity index (χ4n) is 2.61. The van der Waals surface area contributed by atoms with Gasteiger partial charge in [-0.25, -0.2) is 4.98 Å². The second-order valence-electron chi connectivity index (χ2n) is 5.58. The summed E-state index contributed by atoms with van der Waals surface area (Å²) >= 11 is 4.98. The van der Waals surface area contributed by atoms with E-state index in [2.05, 4.69) is 33.1 Å². The Labute approximate surface area is 153 Å². The Bertz CT molecular complexity index is 756. The van der Waals surface area contributed by atoms with Crippen LogP contribution in [0.4, 0.5) is 0 Å². The smallest absolute Gasteiger partial charge is 0.309 e. The van der Waals surface area contributed by atoms with Crippen LogP contribution in [-0.2, 0) is 16.1 Å². The van der Waals surface area contributed by atoms with Crippen molar-refractivity contribution in [2.75, 3.05) is 7.11 Å². The third kappa shape index (κ3) is 4.05. The van der Waals surface area contributed by atoms with Crippen LogP contribution < -0.4 is 4.74 Å². The molecule has 0 radical (unpaired) electrons. The zero-order valence-electron chi connectivity index (χ0n) is 13.3. The minimum atomic E-state index is -0.131. The largest absolute Gasteiger partial charge is 0.496 e. The molecule has 0 fully saturated rings. The van der Waals surface area contributed by atoms with E-state index in [1.54, 1.807) is 7.11 Å². The number of benzene rings is 1. The molecule has 2 aromatic rings. The number of halogens is 1. The van der Waals surface area contributed by atoms with E-state index in [-0.39, 0.29) is 18.5 Å². The number of ether oxygens (including phenoxy) is 2. The molecular weight excluding hydrogens is 390 g/mol. The summed E-state index contributed by atoms with van der Waals surface area (Å²) in [6, 6.07) is 5.80. The van der Waals surface area contributed by atoms with Crippen molar-refractivity contribution < 1.29 is 14.3 Å². The van der Waals surface area contributed by atoms with Crippen molar-refractivity contribution in [2.24, 2.45) is 5.92 Å². The van der Waals surface area contributed by atoms with Gasteiger partial charge in [0.25, 0.3) is 0 Å². The Balaban J connectivity index is 1.66. The molecule has 0 N–H and O–H groups in total. The Hall–Kier alpha value is -1.66. The number of allylic oxidation sites excluding steroid dienone is 2. The molecule has 0 saturated heterocycles. The van der Waals surface area contributed by atoms with Crippen molar-refractivity contribution in [3.05, 3.63) is 45.9 Å². The zero-order valence-corrected chi connectivity index (χ0v) is 15.7. The van der Waals surface area contributed by atoms with Gasteiger partial charge in [0.2, 0.25) is 0 Å². The van der Waals surface area contributed by atoms with Gasteiger partial charge in [0.05, 0.1) is 24.3 Å². The van der Waals surface area contributed by atoms with Gasteiger partial charge in [-0.2, -0.15) is 0 Å². The lowest BCUT2D eigenvalue weighted by Gasteiger charge is -2.15. The van der Waals surface area contributed by atoms with Crippen LogP contribution >= 0.6 is 27.3 Å². The molecule has 0 aliphatic heterocycles. The Morgan fingerprint density at radius 3 is 3.04 bits per heavy atom. The fraction of sp³-hybridized carbons (Fsp3) is 0.333. The molecule has 1 aromatic carbocycles. The van der Waals surface area contributed by atoms with E-state index in [4.69, 9.17) is 9.47 Å². The van der Waals surface area contributed by atoms with E-state index in [0.29, 0.717) is 0 Å². The molecule has 1 aliphatic carbocycles. The summed E-state index contributed by atoms with van der Waals surface area (Å²) in [5, 5.41) is 2.77. The highest BCUT2D eigenvalue weighted by Crippen LogP contribution is 2.34. The first-order chi connectivity index (χ1) is 11.7. The predicted molar refractivity (Wildman–Crippen MR) is 98.1 cm³/mol. The van der Waals surface area contributed by atoms with Crippen molar-refractivity contribution in [3.63, 3.8) is 0 Å². The summed E-state index contributed by atoms with van der Waals surface area (Å²) in [5.41, 5.74) is 1.68. The standard InChI is InChI=1S/C18H18BrNO3S/c1-22-16-8-7-13(19)9-15(16)17-20-14(11-24-17)10-23-18(21)12-5-3-2-4-6-12/h2-3,7-9,11-12H,4-6,10H2,1H3. The van der Waals surface area contributed by atoms with Gasteiger partial charge in [-0.1, -0.05) is 28.1 Å². The lowest BCUT2D eigenvalue weighted by molar-refractivity contribution is -0.150. The summed E-state index contributed by atoms with van der Waals surface area (Å²) in [5.74, 6) is 0.623. The molecule has 1 aromatic heterocycles. The quantitative estimate of drug-likeness (QED) is 0.517. The number of nitrogens with zero attached hydrogens (tertiary/aromatic N) is 1. The minimum Gasteiger partial charge on any atom is -0.496 e. The number of esters is 1. The molecule has 0 spiro atoms. The molecule has 126 valence electrons. The van der Waals surface area contributed by atoms with Crippen molar-refractivity contribution in [3.8, 4) is 16.3 Å². The van der Waals surface area contributed by atoms with E-state index < -0.39 is 0 Å². The van der Waals surface area contributed by atoms with Gasteiger partial charge in [0.15, 0.2) is 0 Å². The topological polar surface area (TPSA) is 48.4 Å². The molecule has 3 rings (SSSR count). The van der Waals surface area contributed by atoms with Crippen LogP contribution in [0.25, 0.3) is 10.6 Å². The second kappa shape index (κ2) is 7.94. The van der Waals surface area contributed by atoms with Crippen molar-refractivity contribution in [1.82, 2.24) is 4.98 Å². The molecule has 0 bridgehead atoms. The van der Waals surface area contributed by atoms with Gasteiger partial charge in [-0.15, -0.1) is 11.3 Å². The molecule has 0 saturated carbocycles. The van der Waals surface area contributed by atoms with E-state index >= 15 is 0 Å². The first-order valence-corrected chi connectivity index (χ1v) is 9.44. The average Bonchev–Trinajstić information content (AvgIpc) is 3.09. The van der Waals surface area contributed by atoms with Crippen LogP contribution in [0.5, 0.6) is 5.75 Å². The van der Waals surface area contributed by atoms with Gasteiger partial charge in [0, 0.05) is 9.85 Å². The average molecular weight is 408 g/mol. The predicted octanol–water partition coefficient (Wildman–Crippen LogP) is 4.98. The number of methoxy groups -OCH3 is 1. The number of thiazole rings is 1. The summed E-state index contributed by atoms with van der Waals surface area (Å²) in [7, 11) is 1.64. The van der Waals surface area contributed by atoms with Gasteiger partial charge in [0.1, 0.15) is 17.4 Å². The third-order valence-electron chi connectivity index (χ3n) is 3.91. The van der Waals surface area contributed by atoms with E-state index in [1.807, 2.05) is 23.6 Å². The summed E-state index contributed by atoms with van der Waals surface area (Å²) < 4.78 is 11.8. The number of hydrogen-bond acceptors (Lipinski definition) is 5. The van der Waals surface area contributed by atoms with Crippen LogP contribution in [0.1, 0.15) is 25.0 Å². The van der Waals surface area contributed by atoms with Crippen molar-refractivity contribution in [2.45, 2.75) is 25.9 Å². The van der Waals surface area contributed by atoms with Gasteiger partial charge in [-0.3, -0.25) is 4.79 Å². The van der Waals surface area contributed by atoms with E-state index in [1.165, 1.54) is 11.3 Å². The number of hydrogen-bond donors (Lipinski definition) is 0. The van der Waals surface area contributed by atoms with Gasteiger partial charge in [-0.05, 0) is 37.5 Å². The highest BCUT2D eigenvalue weighted by molar-refractivity contribution is 9.10. The third-order valence-corrected chi connectivity index (χ3v) is 5.33. The van der Waals surface area contributed by atoms with Gasteiger partial charge >= 0.3 is 5.97 Å². The zero-order chi connectivity index (χ0) is 16.9. The molecule has 1 heterocycles. The minimum absolute atomic E-state index is 0.0155. The summed E-state index contributed by atoms with van der Waals surface area (Å²) in [6.07, 6.45) is 6.75. The molecule has 1 aliphatic rings. The fourth-order valence-corrected chi connectivity index (χ4v) is 3.80. The highest BCUT2D eigenvalue weighted by atomic mass is 79.9. The summed E-state index contributed by atoms with van der Waals surface area (Å²) in [6.45, 7) is 0.214. The maximum Gasteiger partial charge on any atom is 0.309 e. The Kier molecular flexibility index (Phi) is 5.68. The first-order valence-electron chi connectivity index (χ1n) is 7.77. The Morgan fingerprint density at radius 1 is 1.42 bits per heavy atom. The number of carbonyl (C=O) groups is 1. The first kappa shape index (κ1) is 17.2. The monoisotopic (exact) mass is 407 g/mol. The molecule has 6 heteroatoms. The van der Waals surface area contributed by atoms with Crippen LogP contribution in [0.3, 0.4) is 0 Å². The summed E-state index contributed by atoms with van der Waals surface area (Å²) in [4.78, 5) is 16.7. The number of rotatable bonds is 5. The number of aromatic nitrogens is 1. The normalized spacial score (nSPS) is 16.8. The Morgan fingerprint density at radius 2 is 2.29 bits per heavy atom.